The van der Waals surface area contributed by atoms with Crippen LogP contribution in [0.5, 0.6) is 11.5 Å². The third-order valence-electron chi connectivity index (χ3n) is 7.84. The summed E-state index contributed by atoms with van der Waals surface area (Å²) in [6.45, 7) is 7.32. The van der Waals surface area contributed by atoms with Crippen molar-refractivity contribution in [2.75, 3.05) is 19.6 Å². The van der Waals surface area contributed by atoms with E-state index in [1.807, 2.05) is 29.2 Å². The number of ether oxygens (including phenoxy) is 1. The molecule has 2 fully saturated rings. The number of fused-ring (bicyclic) bond motifs is 1. The van der Waals surface area contributed by atoms with Crippen LogP contribution in [0.3, 0.4) is 0 Å². The quantitative estimate of drug-likeness (QED) is 0.350. The van der Waals surface area contributed by atoms with Crippen molar-refractivity contribution in [1.82, 2.24) is 24.8 Å². The Kier molecular flexibility index (Phi) is 6.54. The molecule has 0 bridgehead atoms. The lowest BCUT2D eigenvalue weighted by atomic mass is 10.0. The number of benzene rings is 1. The highest BCUT2D eigenvalue weighted by Gasteiger charge is 2.31. The lowest BCUT2D eigenvalue weighted by Gasteiger charge is -2.30. The Balaban J connectivity index is 1.36. The van der Waals surface area contributed by atoms with E-state index < -0.39 is 5.60 Å². The maximum absolute atomic E-state index is 12.5. The maximum Gasteiger partial charge on any atom is 0.272 e. The van der Waals surface area contributed by atoms with Gasteiger partial charge < -0.3 is 24.6 Å². The van der Waals surface area contributed by atoms with Crippen LogP contribution in [0.1, 0.15) is 67.7 Å². The molecule has 6 rings (SSSR count). The number of hydrogen-bond donors (Lipinski definition) is 2. The first-order valence-corrected chi connectivity index (χ1v) is 13.7. The van der Waals surface area contributed by atoms with Crippen molar-refractivity contribution in [2.24, 2.45) is 0 Å². The smallest absolute Gasteiger partial charge is 0.272 e. The first-order chi connectivity index (χ1) is 19.2. The second-order valence-corrected chi connectivity index (χ2v) is 11.1. The fourth-order valence-electron chi connectivity index (χ4n) is 5.42. The Morgan fingerprint density at radius 2 is 1.85 bits per heavy atom. The van der Waals surface area contributed by atoms with E-state index in [1.165, 1.54) is 0 Å². The summed E-state index contributed by atoms with van der Waals surface area (Å²) < 4.78 is 6.38. The van der Waals surface area contributed by atoms with Crippen molar-refractivity contribution in [1.29, 1.82) is 0 Å². The third kappa shape index (κ3) is 4.93. The van der Waals surface area contributed by atoms with Crippen LogP contribution in [-0.2, 0) is 10.4 Å². The molecule has 40 heavy (non-hydrogen) atoms. The van der Waals surface area contributed by atoms with Crippen LogP contribution < -0.4 is 4.74 Å². The summed E-state index contributed by atoms with van der Waals surface area (Å²) in [7, 11) is 0. The number of H-pyrrole nitrogens is 1. The number of rotatable bonds is 6. The second kappa shape index (κ2) is 10.1. The van der Waals surface area contributed by atoms with Gasteiger partial charge >= 0.3 is 0 Å². The molecule has 0 unspecified atom stereocenters. The number of aromatic amines is 1. The number of carbonyl (C=O) groups excluding carboxylic acids is 2. The van der Waals surface area contributed by atoms with Gasteiger partial charge in [-0.25, -0.2) is 4.98 Å². The first kappa shape index (κ1) is 26.0. The number of nitrogens with one attached hydrogen (secondary N) is 1. The van der Waals surface area contributed by atoms with Crippen molar-refractivity contribution in [2.45, 2.75) is 51.7 Å². The van der Waals surface area contributed by atoms with E-state index in [0.29, 0.717) is 23.7 Å². The molecule has 0 saturated carbocycles. The second-order valence-electron chi connectivity index (χ2n) is 11.1. The van der Waals surface area contributed by atoms with Gasteiger partial charge in [0.1, 0.15) is 17.2 Å². The molecule has 1 aromatic carbocycles. The van der Waals surface area contributed by atoms with E-state index in [0.717, 1.165) is 65.8 Å². The highest BCUT2D eigenvalue weighted by molar-refractivity contribution is 5.93. The molecule has 0 spiro atoms. The average Bonchev–Trinajstić information content (AvgIpc) is 3.54. The van der Waals surface area contributed by atoms with Gasteiger partial charge in [-0.2, -0.15) is 0 Å². The Bertz CT molecular complexity index is 1570. The van der Waals surface area contributed by atoms with Gasteiger partial charge in [0.05, 0.1) is 29.2 Å². The van der Waals surface area contributed by atoms with Gasteiger partial charge in [-0.15, -0.1) is 0 Å². The molecule has 2 amide bonds. The van der Waals surface area contributed by atoms with Gasteiger partial charge in [-0.05, 0) is 69.5 Å². The van der Waals surface area contributed by atoms with E-state index in [2.05, 4.69) is 21.0 Å². The highest BCUT2D eigenvalue weighted by atomic mass is 16.5. The van der Waals surface area contributed by atoms with E-state index in [9.17, 15) is 14.7 Å². The van der Waals surface area contributed by atoms with Crippen LogP contribution in [0, 0.1) is 0 Å². The van der Waals surface area contributed by atoms with Crippen LogP contribution in [0.25, 0.3) is 22.3 Å². The molecule has 5 heterocycles. The fourth-order valence-corrected chi connectivity index (χ4v) is 5.42. The van der Waals surface area contributed by atoms with Crippen LogP contribution >= 0.6 is 0 Å². The predicted molar refractivity (Wildman–Crippen MR) is 151 cm³/mol. The summed E-state index contributed by atoms with van der Waals surface area (Å²) in [5, 5.41) is 11.2. The normalized spacial score (nSPS) is 17.2. The number of aliphatic hydroxyl groups is 1. The number of pyridine rings is 2. The molecule has 0 radical (unpaired) electrons. The monoisotopic (exact) mass is 539 g/mol. The van der Waals surface area contributed by atoms with Crippen molar-refractivity contribution in [3.8, 4) is 22.9 Å². The first-order valence-electron chi connectivity index (χ1n) is 13.7. The minimum absolute atomic E-state index is 0.0346. The molecule has 9 heteroatoms. The van der Waals surface area contributed by atoms with Gasteiger partial charge in [0, 0.05) is 54.8 Å². The Labute approximate surface area is 232 Å². The Morgan fingerprint density at radius 3 is 2.48 bits per heavy atom. The molecule has 3 aromatic heterocycles. The summed E-state index contributed by atoms with van der Waals surface area (Å²) in [6.07, 6.45) is 6.06. The Hall–Kier alpha value is -4.24. The van der Waals surface area contributed by atoms with Crippen molar-refractivity contribution < 1.29 is 19.4 Å². The topological polar surface area (TPSA) is 112 Å². The minimum atomic E-state index is -0.966. The standard InChI is InChI=1S/C31H33N5O4/c1-19(37)36-13-4-6-28(36)23-16-26-20(14-27(34-26)24-9-7-21(17-32-24)31(2,3)39)15-29(23)40-22-8-10-25(33-18-22)30(38)35-11-5-12-35/h7-10,14-18,28,34,39H,4-6,11-13H2,1-3H3/t28-/m1/s1. The van der Waals surface area contributed by atoms with Crippen molar-refractivity contribution >= 4 is 22.7 Å². The van der Waals surface area contributed by atoms with Gasteiger partial charge in [-0.1, -0.05) is 6.07 Å². The zero-order chi connectivity index (χ0) is 28.0. The SMILES string of the molecule is CC(=O)N1CCC[C@@H]1c1cc2[nH]c(-c3ccc(C(C)(C)O)cn3)cc2cc1Oc1ccc(C(=O)N2CCC2)nc1. The average molecular weight is 540 g/mol. The van der Waals surface area contributed by atoms with E-state index in [-0.39, 0.29) is 17.9 Å². The summed E-state index contributed by atoms with van der Waals surface area (Å²) in [6, 6.07) is 13.2. The maximum atomic E-state index is 12.5. The molecule has 0 aliphatic carbocycles. The summed E-state index contributed by atoms with van der Waals surface area (Å²) in [5.74, 6) is 1.14. The zero-order valence-electron chi connectivity index (χ0n) is 23.0. The van der Waals surface area contributed by atoms with Gasteiger partial charge in [-0.3, -0.25) is 14.6 Å². The molecule has 1 atom stereocenters. The molecule has 206 valence electrons. The van der Waals surface area contributed by atoms with E-state index in [4.69, 9.17) is 4.74 Å². The van der Waals surface area contributed by atoms with Gasteiger partial charge in [0.15, 0.2) is 0 Å². The van der Waals surface area contributed by atoms with Crippen molar-refractivity contribution in [3.63, 3.8) is 0 Å². The Morgan fingerprint density at radius 1 is 1.02 bits per heavy atom. The third-order valence-corrected chi connectivity index (χ3v) is 7.84. The molecule has 2 aliphatic heterocycles. The number of hydrogen-bond acceptors (Lipinski definition) is 6. The molecular formula is C31H33N5O4. The van der Waals surface area contributed by atoms with Gasteiger partial charge in [0.2, 0.25) is 5.91 Å². The molecular weight excluding hydrogens is 506 g/mol. The molecule has 2 saturated heterocycles. The molecule has 4 aromatic rings. The van der Waals surface area contributed by atoms with E-state index in [1.54, 1.807) is 50.2 Å². The lowest BCUT2D eigenvalue weighted by Crippen LogP contribution is -2.42. The van der Waals surface area contributed by atoms with Crippen LogP contribution in [0.2, 0.25) is 0 Å². The zero-order valence-corrected chi connectivity index (χ0v) is 23.0. The molecule has 2 N–H and O–H groups in total. The predicted octanol–water partition coefficient (Wildman–Crippen LogP) is 5.17. The van der Waals surface area contributed by atoms with Gasteiger partial charge in [0.25, 0.3) is 5.91 Å². The fraction of sp³-hybridized carbons (Fsp3) is 0.355. The lowest BCUT2D eigenvalue weighted by molar-refractivity contribution is -0.129. The number of carbonyl (C=O) groups is 2. The minimum Gasteiger partial charge on any atom is -0.455 e. The van der Waals surface area contributed by atoms with Crippen LogP contribution in [0.15, 0.2) is 54.9 Å². The molecule has 9 nitrogen and oxygen atoms in total. The number of amides is 2. The number of aromatic nitrogens is 3. The largest absolute Gasteiger partial charge is 0.455 e. The van der Waals surface area contributed by atoms with Crippen LogP contribution in [0.4, 0.5) is 0 Å². The highest BCUT2D eigenvalue weighted by Crippen LogP contribution is 2.41. The summed E-state index contributed by atoms with van der Waals surface area (Å²) in [5.41, 5.74) is 3.60. The molecule has 2 aliphatic rings. The number of nitrogens with zero attached hydrogens (tertiary/aromatic N) is 4. The number of likely N-dealkylation sites (tertiary alicyclic amines) is 2. The summed E-state index contributed by atoms with van der Waals surface area (Å²) in [4.78, 5) is 41.0. The van der Waals surface area contributed by atoms with Crippen LogP contribution in [-0.4, -0.2) is 61.3 Å². The van der Waals surface area contributed by atoms with E-state index >= 15 is 0 Å². The summed E-state index contributed by atoms with van der Waals surface area (Å²) >= 11 is 0. The van der Waals surface area contributed by atoms with Crippen molar-refractivity contribution in [3.05, 3.63) is 71.7 Å².